The Morgan fingerprint density at radius 1 is 1.32 bits per heavy atom. The maximum atomic E-state index is 12.1. The van der Waals surface area contributed by atoms with Gasteiger partial charge in [-0.2, -0.15) is 0 Å². The van der Waals surface area contributed by atoms with Crippen LogP contribution in [0, 0.1) is 0 Å². The number of carbonyl (C=O) groups is 2. The molecule has 0 fully saturated rings. The van der Waals surface area contributed by atoms with E-state index in [1.165, 1.54) is 0 Å². The van der Waals surface area contributed by atoms with Gasteiger partial charge in [-0.3, -0.25) is 4.79 Å². The van der Waals surface area contributed by atoms with E-state index in [2.05, 4.69) is 31.1 Å². The maximum Gasteiger partial charge on any atom is 0.341 e. The van der Waals surface area contributed by atoms with Gasteiger partial charge in [0.25, 0.3) is 0 Å². The lowest BCUT2D eigenvalue weighted by Crippen LogP contribution is -2.24. The number of carboxylic acids is 1. The predicted octanol–water partition coefficient (Wildman–Crippen LogP) is 2.76. The van der Waals surface area contributed by atoms with Crippen molar-refractivity contribution in [2.45, 2.75) is 39.2 Å². The van der Waals surface area contributed by atoms with Crippen molar-refractivity contribution in [2.75, 3.05) is 6.61 Å². The molecule has 0 spiro atoms. The summed E-state index contributed by atoms with van der Waals surface area (Å²) in [4.78, 5) is 27.1. The zero-order valence-electron chi connectivity index (χ0n) is 14.5. The molecule has 25 heavy (non-hydrogen) atoms. The van der Waals surface area contributed by atoms with Crippen molar-refractivity contribution in [3.8, 4) is 5.75 Å². The Morgan fingerprint density at radius 2 is 2.08 bits per heavy atom. The summed E-state index contributed by atoms with van der Waals surface area (Å²) in [5, 5.41) is 14.4. The third-order valence-electron chi connectivity index (χ3n) is 3.29. The van der Waals surface area contributed by atoms with Crippen molar-refractivity contribution in [1.29, 1.82) is 0 Å². The van der Waals surface area contributed by atoms with Gasteiger partial charge in [0.05, 0.1) is 17.1 Å². The number of aliphatic carboxylic acids is 1. The molecule has 0 radical (unpaired) electrons. The quantitative estimate of drug-likeness (QED) is 0.791. The number of thiazole rings is 1. The number of ether oxygens (including phenoxy) is 1. The first-order valence-electron chi connectivity index (χ1n) is 7.89. The van der Waals surface area contributed by atoms with Gasteiger partial charge in [0.2, 0.25) is 5.91 Å². The zero-order chi connectivity index (χ0) is 18.4. The molecule has 0 bridgehead atoms. The standard InChI is InChI=1S/C18H22N2O4S/c1-18(2,3)17-20-13(11-25-17)8-15(21)19-9-12-5-4-6-14(7-12)24-10-16(22)23/h4-7,11H,8-10H2,1-3H3,(H,19,21)(H,22,23). The van der Waals surface area contributed by atoms with E-state index in [1.54, 1.807) is 29.5 Å². The smallest absolute Gasteiger partial charge is 0.341 e. The average molecular weight is 362 g/mol. The predicted molar refractivity (Wildman–Crippen MR) is 95.9 cm³/mol. The van der Waals surface area contributed by atoms with E-state index >= 15 is 0 Å². The second kappa shape index (κ2) is 8.11. The minimum atomic E-state index is -1.03. The minimum Gasteiger partial charge on any atom is -0.482 e. The van der Waals surface area contributed by atoms with E-state index < -0.39 is 12.6 Å². The number of hydrogen-bond acceptors (Lipinski definition) is 5. The lowest BCUT2D eigenvalue weighted by molar-refractivity contribution is -0.139. The molecule has 0 saturated heterocycles. The van der Waals surface area contributed by atoms with Crippen LogP contribution in [0.25, 0.3) is 0 Å². The van der Waals surface area contributed by atoms with Crippen LogP contribution >= 0.6 is 11.3 Å². The third-order valence-corrected chi connectivity index (χ3v) is 4.60. The summed E-state index contributed by atoms with van der Waals surface area (Å²) in [7, 11) is 0. The summed E-state index contributed by atoms with van der Waals surface area (Å²) in [6.07, 6.45) is 0.238. The molecule has 2 N–H and O–H groups in total. The van der Waals surface area contributed by atoms with Crippen LogP contribution in [-0.2, 0) is 28.0 Å². The second-order valence-corrected chi connectivity index (χ2v) is 7.54. The number of aromatic nitrogens is 1. The Balaban J connectivity index is 1.86. The van der Waals surface area contributed by atoms with E-state index in [1.807, 2.05) is 11.4 Å². The molecule has 0 saturated carbocycles. The van der Waals surface area contributed by atoms with Gasteiger partial charge >= 0.3 is 5.97 Å². The van der Waals surface area contributed by atoms with Gasteiger partial charge in [-0.15, -0.1) is 11.3 Å². The lowest BCUT2D eigenvalue weighted by atomic mass is 9.98. The summed E-state index contributed by atoms with van der Waals surface area (Å²) in [5.41, 5.74) is 1.59. The summed E-state index contributed by atoms with van der Waals surface area (Å²) in [6.45, 7) is 6.23. The molecule has 1 aromatic heterocycles. The van der Waals surface area contributed by atoms with Crippen molar-refractivity contribution >= 4 is 23.2 Å². The number of amides is 1. The minimum absolute atomic E-state index is 0.0181. The summed E-state index contributed by atoms with van der Waals surface area (Å²) in [6, 6.07) is 6.99. The lowest BCUT2D eigenvalue weighted by Gasteiger charge is -2.13. The van der Waals surface area contributed by atoms with E-state index in [0.717, 1.165) is 16.3 Å². The summed E-state index contributed by atoms with van der Waals surface area (Å²) in [5.74, 6) is -0.678. The number of hydrogen-bond donors (Lipinski definition) is 2. The Bertz CT molecular complexity index is 750. The number of carbonyl (C=O) groups excluding carboxylic acids is 1. The average Bonchev–Trinajstić information content (AvgIpc) is 3.00. The van der Waals surface area contributed by atoms with Gasteiger partial charge < -0.3 is 15.2 Å². The maximum absolute atomic E-state index is 12.1. The highest BCUT2D eigenvalue weighted by Crippen LogP contribution is 2.25. The molecule has 1 heterocycles. The van der Waals surface area contributed by atoms with Crippen LogP contribution < -0.4 is 10.1 Å². The Labute approximate surface area is 150 Å². The van der Waals surface area contributed by atoms with E-state index in [-0.39, 0.29) is 17.7 Å². The van der Waals surface area contributed by atoms with Crippen molar-refractivity contribution < 1.29 is 19.4 Å². The first-order chi connectivity index (χ1) is 11.7. The van der Waals surface area contributed by atoms with Crippen molar-refractivity contribution in [2.24, 2.45) is 0 Å². The third kappa shape index (κ3) is 6.19. The van der Waals surface area contributed by atoms with Crippen LogP contribution in [0.3, 0.4) is 0 Å². The van der Waals surface area contributed by atoms with Gasteiger partial charge in [-0.05, 0) is 17.7 Å². The molecule has 6 nitrogen and oxygen atoms in total. The molecule has 0 aliphatic rings. The van der Waals surface area contributed by atoms with Crippen LogP contribution in [0.2, 0.25) is 0 Å². The van der Waals surface area contributed by atoms with Crippen LogP contribution in [0.4, 0.5) is 0 Å². The fraction of sp³-hybridized carbons (Fsp3) is 0.389. The summed E-state index contributed by atoms with van der Waals surface area (Å²) >= 11 is 1.57. The van der Waals surface area contributed by atoms with Gasteiger partial charge in [0.15, 0.2) is 6.61 Å². The van der Waals surface area contributed by atoms with Gasteiger partial charge in [-0.25, -0.2) is 9.78 Å². The normalized spacial score (nSPS) is 11.2. The van der Waals surface area contributed by atoms with Crippen LogP contribution in [-0.4, -0.2) is 28.6 Å². The van der Waals surface area contributed by atoms with Crippen molar-refractivity contribution in [1.82, 2.24) is 10.3 Å². The van der Waals surface area contributed by atoms with Gasteiger partial charge in [0.1, 0.15) is 5.75 Å². The van der Waals surface area contributed by atoms with E-state index in [9.17, 15) is 9.59 Å². The second-order valence-electron chi connectivity index (χ2n) is 6.68. The van der Waals surface area contributed by atoms with Crippen LogP contribution in [0.1, 0.15) is 37.0 Å². The van der Waals surface area contributed by atoms with Gasteiger partial charge in [0, 0.05) is 17.3 Å². The summed E-state index contributed by atoms with van der Waals surface area (Å²) < 4.78 is 5.12. The van der Waals surface area contributed by atoms with Gasteiger partial charge in [-0.1, -0.05) is 32.9 Å². The topological polar surface area (TPSA) is 88.5 Å². The molecule has 1 amide bonds. The van der Waals surface area contributed by atoms with E-state index in [4.69, 9.17) is 9.84 Å². The highest BCUT2D eigenvalue weighted by molar-refractivity contribution is 7.09. The molecule has 0 unspecified atom stereocenters. The van der Waals surface area contributed by atoms with Crippen molar-refractivity contribution in [3.63, 3.8) is 0 Å². The van der Waals surface area contributed by atoms with Crippen molar-refractivity contribution in [3.05, 3.63) is 45.9 Å². The highest BCUT2D eigenvalue weighted by Gasteiger charge is 2.18. The molecule has 2 aromatic rings. The molecule has 1 aromatic carbocycles. The Hall–Kier alpha value is -2.41. The Morgan fingerprint density at radius 3 is 2.72 bits per heavy atom. The molecule has 7 heteroatoms. The molecular formula is C18H22N2O4S. The number of nitrogens with one attached hydrogen (secondary N) is 1. The first-order valence-corrected chi connectivity index (χ1v) is 8.77. The highest BCUT2D eigenvalue weighted by atomic mass is 32.1. The molecule has 134 valence electrons. The molecule has 0 aliphatic carbocycles. The first kappa shape index (κ1) is 18.9. The number of nitrogens with zero attached hydrogens (tertiary/aromatic N) is 1. The number of carboxylic acid groups (broad SMARTS) is 1. The number of benzene rings is 1. The monoisotopic (exact) mass is 362 g/mol. The Kier molecular flexibility index (Phi) is 6.14. The van der Waals surface area contributed by atoms with Crippen LogP contribution in [0.15, 0.2) is 29.6 Å². The fourth-order valence-corrected chi connectivity index (χ4v) is 2.96. The molecule has 0 aliphatic heterocycles. The zero-order valence-corrected chi connectivity index (χ0v) is 15.4. The molecule has 0 atom stereocenters. The van der Waals surface area contributed by atoms with Crippen LogP contribution in [0.5, 0.6) is 5.75 Å². The number of rotatable bonds is 7. The van der Waals surface area contributed by atoms with E-state index in [0.29, 0.717) is 12.3 Å². The molecule has 2 rings (SSSR count). The fourth-order valence-electron chi connectivity index (χ4n) is 2.05. The molecular weight excluding hydrogens is 340 g/mol. The SMILES string of the molecule is CC(C)(C)c1nc(CC(=O)NCc2cccc(OCC(=O)O)c2)cs1. The largest absolute Gasteiger partial charge is 0.482 e.